The SMILES string of the molecule is N#Cc1cccc(NC(=O)CNc2ccc(S(=O)(=O)N3CCCCCC3)cc2)c1. The molecule has 2 aromatic carbocycles. The van der Waals surface area contributed by atoms with Crippen LogP contribution < -0.4 is 10.6 Å². The van der Waals surface area contributed by atoms with Crippen molar-refractivity contribution in [2.45, 2.75) is 30.6 Å². The van der Waals surface area contributed by atoms with Crippen molar-refractivity contribution >= 4 is 27.3 Å². The van der Waals surface area contributed by atoms with Crippen LogP contribution in [0.2, 0.25) is 0 Å². The average Bonchev–Trinajstić information content (AvgIpc) is 3.03. The normalized spacial score (nSPS) is 15.1. The molecule has 1 fully saturated rings. The quantitative estimate of drug-likeness (QED) is 0.759. The maximum atomic E-state index is 12.8. The van der Waals surface area contributed by atoms with Gasteiger partial charge in [-0.3, -0.25) is 4.79 Å². The van der Waals surface area contributed by atoms with E-state index in [4.69, 9.17) is 5.26 Å². The topological polar surface area (TPSA) is 102 Å². The number of hydrogen-bond acceptors (Lipinski definition) is 5. The predicted molar refractivity (Wildman–Crippen MR) is 112 cm³/mol. The fraction of sp³-hybridized carbons (Fsp3) is 0.333. The first-order valence-electron chi connectivity index (χ1n) is 9.63. The Bertz CT molecular complexity index is 989. The number of sulfonamides is 1. The van der Waals surface area contributed by atoms with Gasteiger partial charge in [-0.05, 0) is 55.3 Å². The lowest BCUT2D eigenvalue weighted by Crippen LogP contribution is -2.31. The number of nitrogens with zero attached hydrogens (tertiary/aromatic N) is 2. The molecule has 0 spiro atoms. The molecule has 0 radical (unpaired) electrons. The van der Waals surface area contributed by atoms with Gasteiger partial charge in [0.2, 0.25) is 15.9 Å². The van der Waals surface area contributed by atoms with Gasteiger partial charge in [0, 0.05) is 24.5 Å². The molecule has 3 rings (SSSR count). The lowest BCUT2D eigenvalue weighted by atomic mass is 10.2. The number of carbonyl (C=O) groups is 1. The molecule has 8 heteroatoms. The van der Waals surface area contributed by atoms with Crippen molar-refractivity contribution in [2.24, 2.45) is 0 Å². The molecule has 1 saturated heterocycles. The number of carbonyl (C=O) groups excluding carboxylic acids is 1. The third kappa shape index (κ3) is 5.56. The van der Waals surface area contributed by atoms with Crippen molar-refractivity contribution < 1.29 is 13.2 Å². The van der Waals surface area contributed by atoms with Crippen LogP contribution >= 0.6 is 0 Å². The Labute approximate surface area is 171 Å². The van der Waals surface area contributed by atoms with Gasteiger partial charge < -0.3 is 10.6 Å². The first kappa shape index (κ1) is 20.8. The van der Waals surface area contributed by atoms with Crippen molar-refractivity contribution in [1.29, 1.82) is 5.26 Å². The molecule has 2 aromatic rings. The molecule has 1 heterocycles. The summed E-state index contributed by atoms with van der Waals surface area (Å²) in [5.41, 5.74) is 1.67. The Morgan fingerprint density at radius 2 is 1.69 bits per heavy atom. The number of benzene rings is 2. The van der Waals surface area contributed by atoms with Gasteiger partial charge in [0.05, 0.1) is 23.1 Å². The number of anilines is 2. The highest BCUT2D eigenvalue weighted by Crippen LogP contribution is 2.21. The summed E-state index contributed by atoms with van der Waals surface area (Å²) in [4.78, 5) is 12.4. The Hall–Kier alpha value is -2.89. The van der Waals surface area contributed by atoms with E-state index in [1.165, 1.54) is 0 Å². The monoisotopic (exact) mass is 412 g/mol. The zero-order valence-electron chi connectivity index (χ0n) is 16.1. The van der Waals surface area contributed by atoms with Crippen molar-refractivity contribution in [2.75, 3.05) is 30.3 Å². The first-order chi connectivity index (χ1) is 14.0. The summed E-state index contributed by atoms with van der Waals surface area (Å²) in [7, 11) is -3.48. The summed E-state index contributed by atoms with van der Waals surface area (Å²) in [5.74, 6) is -0.263. The fourth-order valence-corrected chi connectivity index (χ4v) is 4.75. The zero-order valence-corrected chi connectivity index (χ0v) is 16.9. The van der Waals surface area contributed by atoms with Gasteiger partial charge in [-0.15, -0.1) is 0 Å². The van der Waals surface area contributed by atoms with E-state index in [1.54, 1.807) is 52.8 Å². The van der Waals surface area contributed by atoms with E-state index in [2.05, 4.69) is 10.6 Å². The standard InChI is InChI=1S/C21H24N4O3S/c22-15-17-6-5-7-19(14-17)24-21(26)16-23-18-8-10-20(11-9-18)29(27,28)25-12-3-1-2-4-13-25/h5-11,14,23H,1-4,12-13,16H2,(H,24,26). The molecule has 1 aliphatic heterocycles. The minimum atomic E-state index is -3.48. The highest BCUT2D eigenvalue weighted by molar-refractivity contribution is 7.89. The molecule has 7 nitrogen and oxygen atoms in total. The molecular weight excluding hydrogens is 388 g/mol. The van der Waals surface area contributed by atoms with Gasteiger partial charge in [-0.25, -0.2) is 8.42 Å². The second kappa shape index (κ2) is 9.54. The van der Waals surface area contributed by atoms with Crippen LogP contribution in [0.4, 0.5) is 11.4 Å². The molecule has 29 heavy (non-hydrogen) atoms. The van der Waals surface area contributed by atoms with E-state index in [0.29, 0.717) is 30.0 Å². The summed E-state index contributed by atoms with van der Waals surface area (Å²) in [6, 6.07) is 15.1. The maximum Gasteiger partial charge on any atom is 0.243 e. The van der Waals surface area contributed by atoms with Crippen LogP contribution in [0, 0.1) is 11.3 Å². The third-order valence-corrected chi connectivity index (χ3v) is 6.70. The van der Waals surface area contributed by atoms with Gasteiger partial charge in [0.15, 0.2) is 0 Å². The molecule has 152 valence electrons. The van der Waals surface area contributed by atoms with Gasteiger partial charge in [-0.2, -0.15) is 9.57 Å². The molecule has 0 aliphatic carbocycles. The fourth-order valence-electron chi connectivity index (χ4n) is 3.23. The molecular formula is C21H24N4O3S. The Morgan fingerprint density at radius 1 is 1.00 bits per heavy atom. The minimum absolute atomic E-state index is 0.0228. The van der Waals surface area contributed by atoms with Crippen molar-refractivity contribution in [3.05, 3.63) is 54.1 Å². The number of nitrogens with one attached hydrogen (secondary N) is 2. The van der Waals surface area contributed by atoms with E-state index >= 15 is 0 Å². The lowest BCUT2D eigenvalue weighted by molar-refractivity contribution is -0.114. The van der Waals surface area contributed by atoms with E-state index < -0.39 is 10.0 Å². The van der Waals surface area contributed by atoms with Crippen molar-refractivity contribution in [3.8, 4) is 6.07 Å². The number of amides is 1. The smallest absolute Gasteiger partial charge is 0.243 e. The van der Waals surface area contributed by atoms with Crippen LogP contribution in [0.5, 0.6) is 0 Å². The van der Waals surface area contributed by atoms with Gasteiger partial charge in [0.25, 0.3) is 0 Å². The molecule has 2 N–H and O–H groups in total. The number of hydrogen-bond donors (Lipinski definition) is 2. The molecule has 0 bridgehead atoms. The van der Waals surface area contributed by atoms with Crippen LogP contribution in [0.25, 0.3) is 0 Å². The second-order valence-corrected chi connectivity index (χ2v) is 8.87. The van der Waals surface area contributed by atoms with Gasteiger partial charge in [-0.1, -0.05) is 18.9 Å². The Kier molecular flexibility index (Phi) is 6.86. The second-order valence-electron chi connectivity index (χ2n) is 6.94. The minimum Gasteiger partial charge on any atom is -0.376 e. The molecule has 0 aromatic heterocycles. The predicted octanol–water partition coefficient (Wildman–Crippen LogP) is 3.17. The molecule has 0 atom stereocenters. The number of rotatable bonds is 6. The van der Waals surface area contributed by atoms with Crippen LogP contribution in [-0.4, -0.2) is 38.3 Å². The van der Waals surface area contributed by atoms with E-state index in [9.17, 15) is 13.2 Å². The van der Waals surface area contributed by atoms with Crippen LogP contribution in [0.1, 0.15) is 31.2 Å². The summed E-state index contributed by atoms with van der Waals surface area (Å²) < 4.78 is 27.1. The van der Waals surface area contributed by atoms with E-state index in [1.807, 2.05) is 6.07 Å². The molecule has 0 saturated carbocycles. The Balaban J connectivity index is 1.57. The summed E-state index contributed by atoms with van der Waals surface area (Å²) >= 11 is 0. The molecule has 1 amide bonds. The highest BCUT2D eigenvalue weighted by Gasteiger charge is 2.24. The average molecular weight is 413 g/mol. The molecule has 1 aliphatic rings. The summed E-state index contributed by atoms with van der Waals surface area (Å²) in [5, 5.41) is 14.6. The first-order valence-corrected chi connectivity index (χ1v) is 11.1. The summed E-state index contributed by atoms with van der Waals surface area (Å²) in [6.07, 6.45) is 3.92. The van der Waals surface area contributed by atoms with Crippen LogP contribution in [0.15, 0.2) is 53.4 Å². The third-order valence-electron chi connectivity index (χ3n) is 4.79. The van der Waals surface area contributed by atoms with E-state index in [-0.39, 0.29) is 17.3 Å². The van der Waals surface area contributed by atoms with Gasteiger partial charge in [0.1, 0.15) is 0 Å². The number of nitriles is 1. The maximum absolute atomic E-state index is 12.8. The molecule has 0 unspecified atom stereocenters. The van der Waals surface area contributed by atoms with Crippen molar-refractivity contribution in [1.82, 2.24) is 4.31 Å². The van der Waals surface area contributed by atoms with Crippen LogP contribution in [-0.2, 0) is 14.8 Å². The largest absolute Gasteiger partial charge is 0.376 e. The Morgan fingerprint density at radius 3 is 2.34 bits per heavy atom. The van der Waals surface area contributed by atoms with Crippen molar-refractivity contribution in [3.63, 3.8) is 0 Å². The highest BCUT2D eigenvalue weighted by atomic mass is 32.2. The van der Waals surface area contributed by atoms with Crippen LogP contribution in [0.3, 0.4) is 0 Å². The van der Waals surface area contributed by atoms with Gasteiger partial charge >= 0.3 is 0 Å². The lowest BCUT2D eigenvalue weighted by Gasteiger charge is -2.20. The zero-order chi connectivity index (χ0) is 20.7. The summed E-state index contributed by atoms with van der Waals surface area (Å²) in [6.45, 7) is 1.15. The van der Waals surface area contributed by atoms with E-state index in [0.717, 1.165) is 25.7 Å².